The van der Waals surface area contributed by atoms with Crippen molar-refractivity contribution < 1.29 is 4.79 Å². The van der Waals surface area contributed by atoms with E-state index in [0.717, 1.165) is 42.9 Å². The molecule has 2 aromatic rings. The van der Waals surface area contributed by atoms with Crippen LogP contribution >= 0.6 is 0 Å². The van der Waals surface area contributed by atoms with E-state index in [-0.39, 0.29) is 0 Å². The smallest absolute Gasteiger partial charge is 0.316 e. The van der Waals surface area contributed by atoms with E-state index < -0.39 is 6.03 Å². The van der Waals surface area contributed by atoms with E-state index in [1.54, 1.807) is 6.20 Å². The maximum atomic E-state index is 11.0. The third-order valence-electron chi connectivity index (χ3n) is 3.73. The molecule has 108 valence electrons. The van der Waals surface area contributed by atoms with Gasteiger partial charge in [0.1, 0.15) is 0 Å². The fourth-order valence-electron chi connectivity index (χ4n) is 2.77. The number of nitrogens with two attached hydrogens (primary N) is 1. The van der Waals surface area contributed by atoms with Gasteiger partial charge >= 0.3 is 6.03 Å². The van der Waals surface area contributed by atoms with Crippen molar-refractivity contribution in [3.05, 3.63) is 59.4 Å². The zero-order valence-electron chi connectivity index (χ0n) is 11.7. The molecule has 5 heteroatoms. The first-order chi connectivity index (χ1) is 10.2. The third kappa shape index (κ3) is 3.20. The summed E-state index contributed by atoms with van der Waals surface area (Å²) < 4.78 is 0. The number of fused-ring (bicyclic) bond motifs is 1. The Bertz CT molecular complexity index is 642. The molecule has 1 aromatic heterocycles. The first-order valence-corrected chi connectivity index (χ1v) is 7.01. The fraction of sp³-hybridized carbons (Fsp3) is 0.250. The van der Waals surface area contributed by atoms with E-state index in [1.165, 1.54) is 5.56 Å². The van der Waals surface area contributed by atoms with Crippen LogP contribution in [0, 0.1) is 0 Å². The summed E-state index contributed by atoms with van der Waals surface area (Å²) in [7, 11) is 0. The predicted molar refractivity (Wildman–Crippen MR) is 81.7 cm³/mol. The van der Waals surface area contributed by atoms with Crippen molar-refractivity contribution in [3.8, 4) is 0 Å². The van der Waals surface area contributed by atoms with E-state index in [1.807, 2.05) is 12.3 Å². The number of nitrogens with zero attached hydrogens (tertiary/aromatic N) is 2. The van der Waals surface area contributed by atoms with Crippen molar-refractivity contribution in [1.29, 1.82) is 0 Å². The molecular formula is C16H18N4O. The number of pyridine rings is 1. The Balaban J connectivity index is 1.75. The zero-order valence-corrected chi connectivity index (χ0v) is 11.7. The maximum Gasteiger partial charge on any atom is 0.316 e. The molecule has 0 spiro atoms. The molecule has 0 atom stereocenters. The minimum Gasteiger partial charge on any atom is -0.351 e. The lowest BCUT2D eigenvalue weighted by Gasteiger charge is -2.29. The van der Waals surface area contributed by atoms with E-state index in [9.17, 15) is 4.79 Å². The molecule has 0 saturated heterocycles. The van der Waals surface area contributed by atoms with Gasteiger partial charge in [0.2, 0.25) is 0 Å². The Labute approximate surface area is 123 Å². The SMILES string of the molecule is NC(=O)Nc1cncc2c1CCN(Cc1ccccc1)C2. The molecule has 3 N–H and O–H groups in total. The van der Waals surface area contributed by atoms with Crippen LogP contribution in [0.1, 0.15) is 16.7 Å². The predicted octanol–water partition coefficient (Wildman–Crippen LogP) is 2.13. The van der Waals surface area contributed by atoms with Gasteiger partial charge in [0, 0.05) is 25.8 Å². The van der Waals surface area contributed by atoms with Crippen molar-refractivity contribution >= 4 is 11.7 Å². The second-order valence-corrected chi connectivity index (χ2v) is 5.26. The molecule has 21 heavy (non-hydrogen) atoms. The summed E-state index contributed by atoms with van der Waals surface area (Å²) in [5, 5.41) is 2.66. The average molecular weight is 282 g/mol. The molecular weight excluding hydrogens is 264 g/mol. The van der Waals surface area contributed by atoms with Gasteiger partial charge in [0.05, 0.1) is 11.9 Å². The first-order valence-electron chi connectivity index (χ1n) is 7.01. The van der Waals surface area contributed by atoms with Crippen LogP contribution in [-0.2, 0) is 19.5 Å². The van der Waals surface area contributed by atoms with Crippen LogP contribution in [0.4, 0.5) is 10.5 Å². The minimum absolute atomic E-state index is 0.545. The number of rotatable bonds is 3. The Kier molecular flexibility index (Phi) is 3.83. The summed E-state index contributed by atoms with van der Waals surface area (Å²) in [6.07, 6.45) is 4.43. The Hall–Kier alpha value is -2.40. The summed E-state index contributed by atoms with van der Waals surface area (Å²) in [6, 6.07) is 9.88. The van der Waals surface area contributed by atoms with E-state index in [0.29, 0.717) is 0 Å². The number of anilines is 1. The molecule has 0 saturated carbocycles. The Morgan fingerprint density at radius 1 is 1.29 bits per heavy atom. The van der Waals surface area contributed by atoms with Crippen LogP contribution in [0.2, 0.25) is 0 Å². The number of aromatic nitrogens is 1. The quantitative estimate of drug-likeness (QED) is 0.906. The molecule has 1 aliphatic rings. The molecule has 0 unspecified atom stereocenters. The molecule has 0 radical (unpaired) electrons. The molecule has 0 fully saturated rings. The lowest BCUT2D eigenvalue weighted by atomic mass is 10.00. The van der Waals surface area contributed by atoms with Crippen LogP contribution in [0.5, 0.6) is 0 Å². The van der Waals surface area contributed by atoms with Crippen LogP contribution in [0.15, 0.2) is 42.7 Å². The molecule has 2 amide bonds. The highest BCUT2D eigenvalue weighted by atomic mass is 16.2. The topological polar surface area (TPSA) is 71.2 Å². The fourth-order valence-corrected chi connectivity index (χ4v) is 2.77. The number of hydrogen-bond donors (Lipinski definition) is 2. The van der Waals surface area contributed by atoms with Crippen LogP contribution < -0.4 is 11.1 Å². The number of amides is 2. The highest BCUT2D eigenvalue weighted by molar-refractivity contribution is 5.88. The number of urea groups is 1. The molecule has 5 nitrogen and oxygen atoms in total. The van der Waals surface area contributed by atoms with E-state index in [2.05, 4.69) is 39.5 Å². The van der Waals surface area contributed by atoms with Gasteiger partial charge in [-0.3, -0.25) is 9.88 Å². The van der Waals surface area contributed by atoms with Crippen molar-refractivity contribution in [1.82, 2.24) is 9.88 Å². The monoisotopic (exact) mass is 282 g/mol. The van der Waals surface area contributed by atoms with Gasteiger partial charge in [-0.05, 0) is 23.1 Å². The van der Waals surface area contributed by atoms with Crippen molar-refractivity contribution in [3.63, 3.8) is 0 Å². The number of carbonyl (C=O) groups is 1. The largest absolute Gasteiger partial charge is 0.351 e. The normalized spacial score (nSPS) is 14.5. The van der Waals surface area contributed by atoms with Gasteiger partial charge in [-0.15, -0.1) is 0 Å². The third-order valence-corrected chi connectivity index (χ3v) is 3.73. The summed E-state index contributed by atoms with van der Waals surface area (Å²) >= 11 is 0. The summed E-state index contributed by atoms with van der Waals surface area (Å²) in [6.45, 7) is 2.72. The maximum absolute atomic E-state index is 11.0. The molecule has 1 aromatic carbocycles. The lowest BCUT2D eigenvalue weighted by molar-refractivity contribution is 0.245. The first kappa shape index (κ1) is 13.6. The van der Waals surface area contributed by atoms with Gasteiger partial charge in [-0.1, -0.05) is 30.3 Å². The lowest BCUT2D eigenvalue weighted by Crippen LogP contribution is -2.31. The molecule has 0 bridgehead atoms. The summed E-state index contributed by atoms with van der Waals surface area (Å²) in [4.78, 5) is 17.6. The molecule has 3 rings (SSSR count). The number of primary amides is 1. The summed E-state index contributed by atoms with van der Waals surface area (Å²) in [5.74, 6) is 0. The van der Waals surface area contributed by atoms with Crippen LogP contribution in [0.3, 0.4) is 0 Å². The second kappa shape index (κ2) is 5.93. The van der Waals surface area contributed by atoms with Gasteiger partial charge < -0.3 is 11.1 Å². The number of benzene rings is 1. The van der Waals surface area contributed by atoms with Gasteiger partial charge in [-0.2, -0.15) is 0 Å². The van der Waals surface area contributed by atoms with E-state index in [4.69, 9.17) is 5.73 Å². The Morgan fingerprint density at radius 3 is 2.86 bits per heavy atom. The number of carbonyl (C=O) groups excluding carboxylic acids is 1. The van der Waals surface area contributed by atoms with Gasteiger partial charge in [0.25, 0.3) is 0 Å². The van der Waals surface area contributed by atoms with Crippen LogP contribution in [-0.4, -0.2) is 22.5 Å². The minimum atomic E-state index is -0.545. The highest BCUT2D eigenvalue weighted by Gasteiger charge is 2.19. The Morgan fingerprint density at radius 2 is 2.10 bits per heavy atom. The van der Waals surface area contributed by atoms with Crippen molar-refractivity contribution in [2.75, 3.05) is 11.9 Å². The zero-order chi connectivity index (χ0) is 14.7. The highest BCUT2D eigenvalue weighted by Crippen LogP contribution is 2.25. The number of nitrogens with one attached hydrogen (secondary N) is 1. The van der Waals surface area contributed by atoms with E-state index >= 15 is 0 Å². The standard InChI is InChI=1S/C16H18N4O/c17-16(21)19-15-9-18-8-13-11-20(7-6-14(13)15)10-12-4-2-1-3-5-12/h1-5,8-9H,6-7,10-11H2,(H3,17,19,21). The summed E-state index contributed by atoms with van der Waals surface area (Å²) in [5.41, 5.74) is 9.54. The van der Waals surface area contributed by atoms with Crippen LogP contribution in [0.25, 0.3) is 0 Å². The van der Waals surface area contributed by atoms with Gasteiger partial charge in [-0.25, -0.2) is 4.79 Å². The van der Waals surface area contributed by atoms with Crippen molar-refractivity contribution in [2.24, 2.45) is 5.73 Å². The second-order valence-electron chi connectivity index (χ2n) is 5.26. The molecule has 1 aliphatic heterocycles. The number of hydrogen-bond acceptors (Lipinski definition) is 3. The average Bonchev–Trinajstić information content (AvgIpc) is 2.48. The van der Waals surface area contributed by atoms with Gasteiger partial charge in [0.15, 0.2) is 0 Å². The molecule has 0 aliphatic carbocycles. The van der Waals surface area contributed by atoms with Crippen molar-refractivity contribution in [2.45, 2.75) is 19.5 Å². The molecule has 2 heterocycles.